The minimum atomic E-state index is -0.762. The molecule has 114 valence electrons. The van der Waals surface area contributed by atoms with Gasteiger partial charge in [0.15, 0.2) is 6.10 Å². The van der Waals surface area contributed by atoms with Crippen LogP contribution in [-0.4, -0.2) is 17.6 Å². The second-order valence-corrected chi connectivity index (χ2v) is 5.64. The van der Waals surface area contributed by atoms with Gasteiger partial charge in [-0.3, -0.25) is 4.79 Å². The molecule has 0 radical (unpaired) electrons. The molecular formula is C17H19N3O2. The molecule has 22 heavy (non-hydrogen) atoms. The van der Waals surface area contributed by atoms with E-state index in [1.165, 1.54) is 0 Å². The zero-order chi connectivity index (χ0) is 16.0. The van der Waals surface area contributed by atoms with Crippen molar-refractivity contribution in [1.82, 2.24) is 5.32 Å². The van der Waals surface area contributed by atoms with Crippen molar-refractivity contribution in [2.75, 3.05) is 0 Å². The molecule has 1 aromatic rings. The van der Waals surface area contributed by atoms with E-state index in [-0.39, 0.29) is 5.91 Å². The first-order chi connectivity index (χ1) is 10.6. The summed E-state index contributed by atoms with van der Waals surface area (Å²) in [6, 6.07) is 10.9. The maximum Gasteiger partial charge on any atom is 0.262 e. The van der Waals surface area contributed by atoms with Crippen molar-refractivity contribution in [2.24, 2.45) is 0 Å². The summed E-state index contributed by atoms with van der Waals surface area (Å²) in [5.74, 6) is 0.169. The van der Waals surface area contributed by atoms with Crippen LogP contribution in [0.2, 0.25) is 0 Å². The molecule has 0 heterocycles. The fourth-order valence-electron chi connectivity index (χ4n) is 2.65. The van der Waals surface area contributed by atoms with Gasteiger partial charge in [-0.15, -0.1) is 0 Å². The summed E-state index contributed by atoms with van der Waals surface area (Å²) in [4.78, 5) is 12.3. The molecule has 0 aliphatic heterocycles. The van der Waals surface area contributed by atoms with Crippen LogP contribution in [0.15, 0.2) is 24.3 Å². The maximum atomic E-state index is 12.3. The van der Waals surface area contributed by atoms with Crippen LogP contribution < -0.4 is 10.1 Å². The Labute approximate surface area is 130 Å². The Morgan fingerprint density at radius 3 is 2.68 bits per heavy atom. The number of hydrogen-bond donors (Lipinski definition) is 1. The largest absolute Gasteiger partial charge is 0.481 e. The van der Waals surface area contributed by atoms with Crippen molar-refractivity contribution >= 4 is 5.91 Å². The molecule has 1 aliphatic carbocycles. The van der Waals surface area contributed by atoms with Crippen molar-refractivity contribution in [3.8, 4) is 17.9 Å². The third-order valence-electron chi connectivity index (χ3n) is 3.93. The summed E-state index contributed by atoms with van der Waals surface area (Å²) in [7, 11) is 0. The van der Waals surface area contributed by atoms with E-state index in [1.54, 1.807) is 31.2 Å². The molecule has 1 saturated carbocycles. The van der Waals surface area contributed by atoms with Crippen LogP contribution in [0.25, 0.3) is 0 Å². The fraction of sp³-hybridized carbons (Fsp3) is 0.471. The van der Waals surface area contributed by atoms with E-state index in [2.05, 4.69) is 11.4 Å². The minimum absolute atomic E-state index is 0.300. The van der Waals surface area contributed by atoms with Crippen molar-refractivity contribution in [3.05, 3.63) is 29.8 Å². The highest BCUT2D eigenvalue weighted by molar-refractivity contribution is 5.82. The number of rotatable bonds is 4. The fourth-order valence-corrected chi connectivity index (χ4v) is 2.65. The standard InChI is InChI=1S/C17H19N3O2/c1-13(22-15-7-5-6-14(10-15)11-18)16(21)20-17(12-19)8-3-2-4-9-17/h5-7,10,13H,2-4,8-9H2,1H3,(H,20,21). The maximum absolute atomic E-state index is 12.3. The van der Waals surface area contributed by atoms with Gasteiger partial charge in [0.2, 0.25) is 0 Å². The predicted octanol–water partition coefficient (Wildman–Crippen LogP) is 2.67. The normalized spacial score (nSPS) is 17.6. The van der Waals surface area contributed by atoms with E-state index in [0.717, 1.165) is 19.3 Å². The highest BCUT2D eigenvalue weighted by Crippen LogP contribution is 2.27. The first-order valence-electron chi connectivity index (χ1n) is 7.49. The SMILES string of the molecule is CC(Oc1cccc(C#N)c1)C(=O)NC1(C#N)CCCCC1. The lowest BCUT2D eigenvalue weighted by Gasteiger charge is -2.32. The molecule has 5 heteroatoms. The van der Waals surface area contributed by atoms with Crippen LogP contribution >= 0.6 is 0 Å². The molecule has 1 aliphatic rings. The van der Waals surface area contributed by atoms with Crippen LogP contribution in [0.4, 0.5) is 0 Å². The molecule has 1 amide bonds. The minimum Gasteiger partial charge on any atom is -0.481 e. The van der Waals surface area contributed by atoms with Crippen molar-refractivity contribution in [3.63, 3.8) is 0 Å². The van der Waals surface area contributed by atoms with E-state index in [4.69, 9.17) is 10.00 Å². The third-order valence-corrected chi connectivity index (χ3v) is 3.93. The zero-order valence-electron chi connectivity index (χ0n) is 12.6. The third kappa shape index (κ3) is 3.77. The van der Waals surface area contributed by atoms with Gasteiger partial charge in [-0.05, 0) is 38.0 Å². The Kier molecular flexibility index (Phi) is 5.01. The number of carbonyl (C=O) groups excluding carboxylic acids is 1. The van der Waals surface area contributed by atoms with E-state index in [1.807, 2.05) is 6.07 Å². The van der Waals surface area contributed by atoms with Gasteiger partial charge in [0, 0.05) is 0 Å². The van der Waals surface area contributed by atoms with Crippen LogP contribution in [0.3, 0.4) is 0 Å². The summed E-state index contributed by atoms with van der Waals surface area (Å²) in [5, 5.41) is 21.1. The first-order valence-corrected chi connectivity index (χ1v) is 7.49. The molecule has 1 aromatic carbocycles. The summed E-state index contributed by atoms with van der Waals surface area (Å²) >= 11 is 0. The topological polar surface area (TPSA) is 85.9 Å². The number of nitriles is 2. The predicted molar refractivity (Wildman–Crippen MR) is 80.8 cm³/mol. The Morgan fingerprint density at radius 1 is 1.32 bits per heavy atom. The van der Waals surface area contributed by atoms with E-state index in [0.29, 0.717) is 24.2 Å². The average molecular weight is 297 g/mol. The lowest BCUT2D eigenvalue weighted by Crippen LogP contribution is -2.52. The molecule has 0 spiro atoms. The highest BCUT2D eigenvalue weighted by Gasteiger charge is 2.35. The van der Waals surface area contributed by atoms with E-state index < -0.39 is 11.6 Å². The second kappa shape index (κ2) is 6.95. The molecule has 0 saturated heterocycles. The summed E-state index contributed by atoms with van der Waals surface area (Å²) in [5.41, 5.74) is -0.285. The van der Waals surface area contributed by atoms with Crippen molar-refractivity contribution < 1.29 is 9.53 Å². The molecule has 1 fully saturated rings. The lowest BCUT2D eigenvalue weighted by molar-refractivity contribution is -0.129. The Morgan fingerprint density at radius 2 is 2.05 bits per heavy atom. The van der Waals surface area contributed by atoms with Gasteiger partial charge in [0.25, 0.3) is 5.91 Å². The molecular weight excluding hydrogens is 278 g/mol. The van der Waals surface area contributed by atoms with Crippen molar-refractivity contribution in [2.45, 2.75) is 50.7 Å². The van der Waals surface area contributed by atoms with E-state index in [9.17, 15) is 10.1 Å². The van der Waals surface area contributed by atoms with Gasteiger partial charge in [-0.1, -0.05) is 25.3 Å². The van der Waals surface area contributed by atoms with Gasteiger partial charge < -0.3 is 10.1 Å². The molecule has 2 rings (SSSR count). The lowest BCUT2D eigenvalue weighted by atomic mass is 9.83. The Hall–Kier alpha value is -2.53. The van der Waals surface area contributed by atoms with Crippen LogP contribution in [0, 0.1) is 22.7 Å². The van der Waals surface area contributed by atoms with Crippen molar-refractivity contribution in [1.29, 1.82) is 10.5 Å². The number of nitrogens with zero attached hydrogens (tertiary/aromatic N) is 2. The molecule has 1 atom stereocenters. The number of benzene rings is 1. The number of amides is 1. The van der Waals surface area contributed by atoms with Gasteiger partial charge in [0.05, 0.1) is 17.7 Å². The van der Waals surface area contributed by atoms with Gasteiger partial charge >= 0.3 is 0 Å². The average Bonchev–Trinajstić information content (AvgIpc) is 2.55. The quantitative estimate of drug-likeness (QED) is 0.925. The second-order valence-electron chi connectivity index (χ2n) is 5.64. The summed E-state index contributed by atoms with van der Waals surface area (Å²) in [6.45, 7) is 1.64. The number of carbonyl (C=O) groups is 1. The zero-order valence-corrected chi connectivity index (χ0v) is 12.6. The molecule has 1 N–H and O–H groups in total. The molecule has 0 aromatic heterocycles. The first kappa shape index (κ1) is 15.9. The van der Waals surface area contributed by atoms with E-state index >= 15 is 0 Å². The number of hydrogen-bond acceptors (Lipinski definition) is 4. The van der Waals surface area contributed by atoms with Gasteiger partial charge in [-0.25, -0.2) is 0 Å². The number of ether oxygens (including phenoxy) is 1. The van der Waals surface area contributed by atoms with Gasteiger partial charge in [-0.2, -0.15) is 10.5 Å². The smallest absolute Gasteiger partial charge is 0.262 e. The van der Waals surface area contributed by atoms with Crippen LogP contribution in [-0.2, 0) is 4.79 Å². The summed E-state index contributed by atoms with van der Waals surface area (Å²) < 4.78 is 5.58. The molecule has 0 bridgehead atoms. The number of nitrogens with one attached hydrogen (secondary N) is 1. The highest BCUT2D eigenvalue weighted by atomic mass is 16.5. The van der Waals surface area contributed by atoms with Crippen LogP contribution in [0.1, 0.15) is 44.6 Å². The monoisotopic (exact) mass is 297 g/mol. The molecule has 5 nitrogen and oxygen atoms in total. The summed E-state index contributed by atoms with van der Waals surface area (Å²) in [6.07, 6.45) is 3.66. The molecule has 1 unspecified atom stereocenters. The van der Waals surface area contributed by atoms with Crippen LogP contribution in [0.5, 0.6) is 5.75 Å². The Balaban J connectivity index is 2.00. The van der Waals surface area contributed by atoms with Gasteiger partial charge in [0.1, 0.15) is 11.3 Å². The Bertz CT molecular complexity index is 622.